The topological polar surface area (TPSA) is 19.4 Å². The Bertz CT molecular complexity index is 1840. The lowest BCUT2D eigenvalue weighted by atomic mass is 9.94. The van der Waals surface area contributed by atoms with Crippen molar-refractivity contribution in [3.8, 4) is 11.3 Å². The Morgan fingerprint density at radius 1 is 0.475 bits per heavy atom. The predicted octanol–water partition coefficient (Wildman–Crippen LogP) is 10.4. The molecule has 1 aliphatic rings. The number of rotatable bonds is 3. The molecule has 0 bridgehead atoms. The molecule has 0 aliphatic carbocycles. The zero-order valence-electron chi connectivity index (χ0n) is 23.3. The number of fused-ring (bicyclic) bond motifs is 3. The van der Waals surface area contributed by atoms with Crippen molar-refractivity contribution in [1.82, 2.24) is 4.98 Å². The number of anilines is 6. The van der Waals surface area contributed by atoms with E-state index in [0.717, 1.165) is 22.3 Å². The van der Waals surface area contributed by atoms with Gasteiger partial charge in [-0.1, -0.05) is 78.9 Å². The van der Waals surface area contributed by atoms with Crippen LogP contribution in [0.5, 0.6) is 0 Å². The maximum Gasteiger partial charge on any atom is 0.0781 e. The summed E-state index contributed by atoms with van der Waals surface area (Å²) < 4.78 is 0. The van der Waals surface area contributed by atoms with Gasteiger partial charge in [-0.25, -0.2) is 0 Å². The normalized spacial score (nSPS) is 12.4. The fraction of sp³-hybridized carbons (Fsp3) is 0.108. The highest BCUT2D eigenvalue weighted by Gasteiger charge is 2.35. The molecule has 40 heavy (non-hydrogen) atoms. The first-order chi connectivity index (χ1) is 19.5. The number of pyridine rings is 1. The zero-order valence-corrected chi connectivity index (χ0v) is 23.3. The van der Waals surface area contributed by atoms with Crippen LogP contribution in [0.1, 0.15) is 22.3 Å². The fourth-order valence-electron chi connectivity index (χ4n) is 6.15. The second-order valence-electron chi connectivity index (χ2n) is 10.7. The van der Waals surface area contributed by atoms with E-state index in [1.807, 2.05) is 6.20 Å². The number of para-hydroxylation sites is 1. The molecule has 1 aliphatic heterocycles. The van der Waals surface area contributed by atoms with Gasteiger partial charge in [-0.15, -0.1) is 0 Å². The summed E-state index contributed by atoms with van der Waals surface area (Å²) in [5.41, 5.74) is 14.3. The zero-order chi connectivity index (χ0) is 27.4. The van der Waals surface area contributed by atoms with E-state index in [-0.39, 0.29) is 0 Å². The van der Waals surface area contributed by atoms with Gasteiger partial charge >= 0.3 is 0 Å². The third kappa shape index (κ3) is 3.70. The van der Waals surface area contributed by atoms with E-state index in [2.05, 4.69) is 147 Å². The highest BCUT2D eigenvalue weighted by Crippen LogP contribution is 2.58. The van der Waals surface area contributed by atoms with E-state index in [1.54, 1.807) is 0 Å². The molecule has 0 fully saturated rings. The molecule has 0 radical (unpaired) electrons. The average Bonchev–Trinajstić information content (AvgIpc) is 3.00. The molecule has 7 rings (SSSR count). The molecule has 0 saturated heterocycles. The summed E-state index contributed by atoms with van der Waals surface area (Å²) in [6, 6.07) is 39.1. The van der Waals surface area contributed by atoms with Crippen molar-refractivity contribution in [2.24, 2.45) is 0 Å². The van der Waals surface area contributed by atoms with Crippen molar-refractivity contribution in [2.75, 3.05) is 9.80 Å². The number of aromatic nitrogens is 1. The first kappa shape index (κ1) is 24.2. The van der Waals surface area contributed by atoms with Crippen LogP contribution in [0.4, 0.5) is 34.1 Å². The summed E-state index contributed by atoms with van der Waals surface area (Å²) in [4.78, 5) is 9.78. The lowest BCUT2D eigenvalue weighted by molar-refractivity contribution is 1.11. The minimum atomic E-state index is 1.00. The van der Waals surface area contributed by atoms with Crippen molar-refractivity contribution in [3.05, 3.63) is 138 Å². The molecular weight excluding hydrogens is 486 g/mol. The Labute approximate surface area is 236 Å². The van der Waals surface area contributed by atoms with Gasteiger partial charge in [0.25, 0.3) is 0 Å². The van der Waals surface area contributed by atoms with Gasteiger partial charge in [-0.3, -0.25) is 4.98 Å². The summed E-state index contributed by atoms with van der Waals surface area (Å²) in [5.74, 6) is 0. The third-order valence-corrected chi connectivity index (χ3v) is 8.07. The van der Waals surface area contributed by atoms with E-state index >= 15 is 0 Å². The first-order valence-corrected chi connectivity index (χ1v) is 13.8. The van der Waals surface area contributed by atoms with Crippen LogP contribution in [0.25, 0.3) is 22.0 Å². The number of hydrogen-bond acceptors (Lipinski definition) is 3. The van der Waals surface area contributed by atoms with E-state index in [1.165, 1.54) is 56.1 Å². The molecule has 0 amide bonds. The van der Waals surface area contributed by atoms with Gasteiger partial charge in [-0.05, 0) is 85.7 Å². The smallest absolute Gasteiger partial charge is 0.0781 e. The van der Waals surface area contributed by atoms with E-state index in [9.17, 15) is 0 Å². The molecule has 6 aromatic rings. The van der Waals surface area contributed by atoms with Gasteiger partial charge in [0.1, 0.15) is 0 Å². The van der Waals surface area contributed by atoms with Gasteiger partial charge in [0, 0.05) is 28.5 Å². The SMILES string of the molecule is Cc1ccc(C)c2c1N(c1ccccc1)c1c(C)ccc(C)c1N2c1cccc(-c2nccc3ccccc23)c1. The number of nitrogens with zero attached hydrogens (tertiary/aromatic N) is 3. The third-order valence-electron chi connectivity index (χ3n) is 8.07. The summed E-state index contributed by atoms with van der Waals surface area (Å²) in [6.07, 6.45) is 1.91. The van der Waals surface area contributed by atoms with Gasteiger partial charge in [0.05, 0.1) is 28.4 Å². The fourth-order valence-corrected chi connectivity index (χ4v) is 6.15. The Balaban J connectivity index is 1.53. The van der Waals surface area contributed by atoms with Crippen molar-refractivity contribution in [3.63, 3.8) is 0 Å². The molecular formula is C37H31N3. The maximum absolute atomic E-state index is 4.84. The van der Waals surface area contributed by atoms with Crippen molar-refractivity contribution < 1.29 is 0 Å². The van der Waals surface area contributed by atoms with E-state index in [4.69, 9.17) is 4.98 Å². The van der Waals surface area contributed by atoms with Crippen LogP contribution in [0.2, 0.25) is 0 Å². The van der Waals surface area contributed by atoms with Gasteiger partial charge in [0.2, 0.25) is 0 Å². The lowest BCUT2D eigenvalue weighted by Crippen LogP contribution is -2.27. The van der Waals surface area contributed by atoms with Crippen LogP contribution < -0.4 is 9.80 Å². The van der Waals surface area contributed by atoms with Crippen LogP contribution in [0.15, 0.2) is 115 Å². The first-order valence-electron chi connectivity index (χ1n) is 13.8. The van der Waals surface area contributed by atoms with Gasteiger partial charge < -0.3 is 9.80 Å². The van der Waals surface area contributed by atoms with E-state index < -0.39 is 0 Å². The van der Waals surface area contributed by atoms with Crippen LogP contribution in [-0.2, 0) is 0 Å². The quantitative estimate of drug-likeness (QED) is 0.232. The molecule has 3 nitrogen and oxygen atoms in total. The molecule has 0 N–H and O–H groups in total. The molecule has 0 atom stereocenters. The summed E-state index contributed by atoms with van der Waals surface area (Å²) in [5, 5.41) is 2.36. The highest BCUT2D eigenvalue weighted by atomic mass is 15.3. The molecule has 194 valence electrons. The molecule has 3 heteroatoms. The molecule has 0 saturated carbocycles. The number of aryl methyl sites for hydroxylation is 4. The van der Waals surface area contributed by atoms with Gasteiger partial charge in [-0.2, -0.15) is 0 Å². The number of hydrogen-bond donors (Lipinski definition) is 0. The Morgan fingerprint density at radius 2 is 1.00 bits per heavy atom. The minimum Gasteiger partial charge on any atom is -0.306 e. The molecule has 0 unspecified atom stereocenters. The van der Waals surface area contributed by atoms with Crippen LogP contribution in [0.3, 0.4) is 0 Å². The lowest BCUT2D eigenvalue weighted by Gasteiger charge is -2.43. The van der Waals surface area contributed by atoms with Crippen molar-refractivity contribution >= 4 is 44.9 Å². The van der Waals surface area contributed by atoms with Crippen molar-refractivity contribution in [1.29, 1.82) is 0 Å². The predicted molar refractivity (Wildman–Crippen MR) is 169 cm³/mol. The monoisotopic (exact) mass is 517 g/mol. The largest absolute Gasteiger partial charge is 0.306 e. The second kappa shape index (κ2) is 9.39. The van der Waals surface area contributed by atoms with E-state index in [0.29, 0.717) is 0 Å². The van der Waals surface area contributed by atoms with Crippen LogP contribution >= 0.6 is 0 Å². The number of benzene rings is 5. The second-order valence-corrected chi connectivity index (χ2v) is 10.7. The standard InChI is InChI=1S/C37H31N3/c1-24-17-19-26(3)36-34(24)39(30-13-6-5-7-14-30)35-25(2)18-20-27(4)37(35)40(36)31-15-10-12-29(23-31)33-32-16-9-8-11-28(32)21-22-38-33/h5-23H,1-4H3. The minimum absolute atomic E-state index is 1.00. The maximum atomic E-state index is 4.84. The van der Waals surface area contributed by atoms with Crippen molar-refractivity contribution in [2.45, 2.75) is 27.7 Å². The Hall–Kier alpha value is -4.89. The summed E-state index contributed by atoms with van der Waals surface area (Å²) in [7, 11) is 0. The Morgan fingerprint density at radius 3 is 1.62 bits per heavy atom. The molecule has 2 heterocycles. The molecule has 0 spiro atoms. The van der Waals surface area contributed by atoms with Crippen LogP contribution in [-0.4, -0.2) is 4.98 Å². The van der Waals surface area contributed by atoms with Crippen LogP contribution in [0, 0.1) is 27.7 Å². The van der Waals surface area contributed by atoms with Gasteiger partial charge in [0.15, 0.2) is 0 Å². The summed E-state index contributed by atoms with van der Waals surface area (Å²) in [6.45, 7) is 8.89. The summed E-state index contributed by atoms with van der Waals surface area (Å²) >= 11 is 0. The average molecular weight is 518 g/mol. The molecule has 1 aromatic heterocycles. The molecule has 5 aromatic carbocycles. The Kier molecular flexibility index (Phi) is 5.67. The highest BCUT2D eigenvalue weighted by molar-refractivity contribution is 6.06.